The van der Waals surface area contributed by atoms with Gasteiger partial charge in [-0.3, -0.25) is 0 Å². The number of hydrogen-bond donors (Lipinski definition) is 0. The van der Waals surface area contributed by atoms with Crippen molar-refractivity contribution in [2.24, 2.45) is 0 Å². The van der Waals surface area contributed by atoms with E-state index in [2.05, 4.69) is 0 Å². The second-order valence-corrected chi connectivity index (χ2v) is 0. The minimum absolute atomic E-state index is 0. The van der Waals surface area contributed by atoms with Crippen molar-refractivity contribution in [2.75, 3.05) is 0 Å². The maximum atomic E-state index is 0. The Labute approximate surface area is 77.7 Å². The summed E-state index contributed by atoms with van der Waals surface area (Å²) in [4.78, 5) is 0. The van der Waals surface area contributed by atoms with Crippen molar-refractivity contribution >= 4 is 0 Å². The molecule has 0 saturated carbocycles. The first-order valence-corrected chi connectivity index (χ1v) is 0. The Morgan fingerprint density at radius 1 is 0.600 bits per heavy atom. The molecule has 0 aliphatic rings. The van der Waals surface area contributed by atoms with Gasteiger partial charge in [0.2, 0.25) is 0 Å². The molecule has 0 fully saturated rings. The molecule has 0 nitrogen and oxygen atoms in total. The predicted octanol–water partition coefficient (Wildman–Crippen LogP) is -8.99. The molecule has 5 heavy (non-hydrogen) atoms. The zero-order chi connectivity index (χ0) is 0. The second kappa shape index (κ2) is 34.5. The molecule has 0 unspecified atom stereocenters. The summed E-state index contributed by atoms with van der Waals surface area (Å²) < 4.78 is 0. The summed E-state index contributed by atoms with van der Waals surface area (Å²) in [5, 5.41) is 0. The molecule has 0 rings (SSSR count). The SMILES string of the molecule is [Cl-].[Cl-].[Cl-].[Ti+4].[Zn+2]. The molecule has 0 aromatic rings. The van der Waals surface area contributed by atoms with E-state index in [1.165, 1.54) is 0 Å². The van der Waals surface area contributed by atoms with E-state index in [-0.39, 0.29) is 78.4 Å². The van der Waals surface area contributed by atoms with Gasteiger partial charge in [-0.15, -0.1) is 0 Å². The number of hydrogen-bond acceptors (Lipinski definition) is 0. The Morgan fingerprint density at radius 2 is 0.600 bits per heavy atom. The first kappa shape index (κ1) is 57.0. The van der Waals surface area contributed by atoms with Gasteiger partial charge < -0.3 is 37.2 Å². The summed E-state index contributed by atoms with van der Waals surface area (Å²) in [7, 11) is 0. The summed E-state index contributed by atoms with van der Waals surface area (Å²) >= 11 is 0. The van der Waals surface area contributed by atoms with E-state index < -0.39 is 0 Å². The standard InChI is InChI=1S/3ClH.Ti.Zn/h3*1H;;/q;;;+4;+2/p-3. The van der Waals surface area contributed by atoms with Crippen LogP contribution >= 0.6 is 0 Å². The zero-order valence-corrected chi connectivity index (χ0v) is 9.14. The van der Waals surface area contributed by atoms with E-state index in [4.69, 9.17) is 0 Å². The van der Waals surface area contributed by atoms with Crippen LogP contribution in [0.4, 0.5) is 0 Å². The third kappa shape index (κ3) is 22.5. The van der Waals surface area contributed by atoms with Crippen molar-refractivity contribution < 1.29 is 78.4 Å². The summed E-state index contributed by atoms with van der Waals surface area (Å²) in [6.07, 6.45) is 0. The van der Waals surface area contributed by atoms with E-state index in [9.17, 15) is 0 Å². The van der Waals surface area contributed by atoms with E-state index >= 15 is 0 Å². The van der Waals surface area contributed by atoms with Gasteiger partial charge in [0.05, 0.1) is 0 Å². The minimum Gasteiger partial charge on any atom is -1.00 e. The Bertz CT molecular complexity index is 6.85. The fourth-order valence-electron chi connectivity index (χ4n) is 0. The molecule has 0 spiro atoms. The molecule has 5 heteroatoms. The number of rotatable bonds is 0. The summed E-state index contributed by atoms with van der Waals surface area (Å²) in [5.74, 6) is 0. The van der Waals surface area contributed by atoms with Crippen molar-refractivity contribution in [3.63, 3.8) is 0 Å². The summed E-state index contributed by atoms with van der Waals surface area (Å²) in [6.45, 7) is 0. The molecular formula is Cl3TiZn+3. The van der Waals surface area contributed by atoms with Gasteiger partial charge in [0.1, 0.15) is 0 Å². The molecule has 24 valence electrons. The monoisotopic (exact) mass is 217 g/mol. The molecule has 0 aliphatic heterocycles. The molecule has 0 aromatic carbocycles. The zero-order valence-electron chi connectivity index (χ0n) is 2.34. The van der Waals surface area contributed by atoms with Crippen LogP contribution in [0.3, 0.4) is 0 Å². The molecule has 0 atom stereocenters. The van der Waals surface area contributed by atoms with E-state index in [0.717, 1.165) is 0 Å². The van der Waals surface area contributed by atoms with Gasteiger partial charge in [-0.05, 0) is 0 Å². The Hall–Kier alpha value is 2.21. The van der Waals surface area contributed by atoms with Crippen LogP contribution in [0, 0.1) is 0 Å². The minimum atomic E-state index is 0. The van der Waals surface area contributed by atoms with Gasteiger partial charge in [-0.2, -0.15) is 0 Å². The average Bonchev–Trinajstić information content (AvgIpc) is 0. The third-order valence-electron chi connectivity index (χ3n) is 0. The van der Waals surface area contributed by atoms with Crippen molar-refractivity contribution in [1.82, 2.24) is 0 Å². The van der Waals surface area contributed by atoms with Gasteiger partial charge in [0.15, 0.2) is 0 Å². The quantitative estimate of drug-likeness (QED) is 0.355. The van der Waals surface area contributed by atoms with Crippen molar-refractivity contribution in [3.8, 4) is 0 Å². The van der Waals surface area contributed by atoms with E-state index in [1.54, 1.807) is 0 Å². The molecule has 0 saturated heterocycles. The maximum absolute atomic E-state index is 0. The van der Waals surface area contributed by atoms with Crippen LogP contribution in [0.2, 0.25) is 0 Å². The maximum Gasteiger partial charge on any atom is 4.00 e. The van der Waals surface area contributed by atoms with Crippen molar-refractivity contribution in [2.45, 2.75) is 0 Å². The molecule has 0 aromatic heterocycles. The van der Waals surface area contributed by atoms with Crippen LogP contribution in [0.1, 0.15) is 0 Å². The van der Waals surface area contributed by atoms with Crippen LogP contribution in [0.25, 0.3) is 0 Å². The Morgan fingerprint density at radius 3 is 0.600 bits per heavy atom. The van der Waals surface area contributed by atoms with Gasteiger partial charge in [0.25, 0.3) is 0 Å². The largest absolute Gasteiger partial charge is 4.00 e. The Kier molecular flexibility index (Phi) is 394. The van der Waals surface area contributed by atoms with Crippen LogP contribution in [0.15, 0.2) is 0 Å². The van der Waals surface area contributed by atoms with Gasteiger partial charge >= 0.3 is 41.2 Å². The van der Waals surface area contributed by atoms with E-state index in [0.29, 0.717) is 0 Å². The van der Waals surface area contributed by atoms with Crippen LogP contribution in [-0.4, -0.2) is 0 Å². The van der Waals surface area contributed by atoms with Crippen LogP contribution < -0.4 is 37.2 Å². The number of halogens is 3. The normalized spacial score (nSPS) is 0. The van der Waals surface area contributed by atoms with E-state index in [1.807, 2.05) is 0 Å². The summed E-state index contributed by atoms with van der Waals surface area (Å²) in [5.41, 5.74) is 0. The molecule has 0 N–H and O–H groups in total. The first-order chi connectivity index (χ1) is 0. The average molecular weight is 220 g/mol. The Balaban J connectivity index is 0. The van der Waals surface area contributed by atoms with Crippen molar-refractivity contribution in [1.29, 1.82) is 0 Å². The topological polar surface area (TPSA) is 0 Å². The predicted molar refractivity (Wildman–Crippen MR) is 0 cm³/mol. The van der Waals surface area contributed by atoms with Gasteiger partial charge in [0, 0.05) is 0 Å². The molecular weight excluding hydrogens is 220 g/mol. The first-order valence-electron chi connectivity index (χ1n) is 0. The third-order valence-corrected chi connectivity index (χ3v) is 0. The smallest absolute Gasteiger partial charge is 1.00 e. The van der Waals surface area contributed by atoms with Crippen molar-refractivity contribution in [3.05, 3.63) is 0 Å². The molecule has 0 bridgehead atoms. The van der Waals surface area contributed by atoms with Gasteiger partial charge in [-0.25, -0.2) is 0 Å². The second-order valence-electron chi connectivity index (χ2n) is 0. The summed E-state index contributed by atoms with van der Waals surface area (Å²) in [6, 6.07) is 0. The molecule has 0 radical (unpaired) electrons. The van der Waals surface area contributed by atoms with Gasteiger partial charge in [-0.1, -0.05) is 0 Å². The fraction of sp³-hybridized carbons (Fsp3) is 0. The molecule has 0 heterocycles. The van der Waals surface area contributed by atoms with Crippen LogP contribution in [0.5, 0.6) is 0 Å². The van der Waals surface area contributed by atoms with Crippen LogP contribution in [-0.2, 0) is 41.2 Å². The molecule has 0 aliphatic carbocycles. The molecule has 0 amide bonds. The fourth-order valence-corrected chi connectivity index (χ4v) is 0.